The molecule has 1 rings (SSSR count). The molecule has 1 aliphatic carbocycles. The molecule has 3 atom stereocenters. The standard InChI is InChI=1S/C11H21NO2/c1-8-4-5-10(9(2)6-8)12-7-11(13)14-3/h8-10,12H,4-7H2,1-3H3. The van der Waals surface area contributed by atoms with Crippen molar-refractivity contribution in [3.63, 3.8) is 0 Å². The molecule has 82 valence electrons. The predicted octanol–water partition coefficient (Wildman–Crippen LogP) is 1.57. The third-order valence-electron chi connectivity index (χ3n) is 3.17. The Balaban J connectivity index is 2.27. The van der Waals surface area contributed by atoms with Gasteiger partial charge in [0.05, 0.1) is 13.7 Å². The zero-order valence-corrected chi connectivity index (χ0v) is 9.38. The van der Waals surface area contributed by atoms with Crippen molar-refractivity contribution in [2.45, 2.75) is 39.2 Å². The zero-order chi connectivity index (χ0) is 10.6. The van der Waals surface area contributed by atoms with Crippen molar-refractivity contribution in [2.24, 2.45) is 11.8 Å². The molecule has 1 saturated carbocycles. The topological polar surface area (TPSA) is 38.3 Å². The molecule has 14 heavy (non-hydrogen) atoms. The van der Waals surface area contributed by atoms with Gasteiger partial charge in [-0.2, -0.15) is 0 Å². The average molecular weight is 199 g/mol. The van der Waals surface area contributed by atoms with Crippen LogP contribution in [-0.2, 0) is 9.53 Å². The van der Waals surface area contributed by atoms with Crippen molar-refractivity contribution in [3.8, 4) is 0 Å². The van der Waals surface area contributed by atoms with E-state index in [1.54, 1.807) is 0 Å². The Morgan fingerprint density at radius 2 is 2.14 bits per heavy atom. The lowest BCUT2D eigenvalue weighted by Crippen LogP contribution is -2.41. The molecule has 0 aliphatic heterocycles. The second-order valence-electron chi connectivity index (χ2n) is 4.46. The maximum absolute atomic E-state index is 10.9. The van der Waals surface area contributed by atoms with Crippen LogP contribution in [0.2, 0.25) is 0 Å². The van der Waals surface area contributed by atoms with Crippen LogP contribution in [0.15, 0.2) is 0 Å². The molecule has 1 N–H and O–H groups in total. The lowest BCUT2D eigenvalue weighted by atomic mass is 9.80. The fraction of sp³-hybridized carbons (Fsp3) is 0.909. The van der Waals surface area contributed by atoms with Gasteiger partial charge >= 0.3 is 5.97 Å². The van der Waals surface area contributed by atoms with Crippen LogP contribution in [-0.4, -0.2) is 25.7 Å². The first kappa shape index (κ1) is 11.5. The summed E-state index contributed by atoms with van der Waals surface area (Å²) >= 11 is 0. The molecule has 3 heteroatoms. The molecule has 0 aromatic carbocycles. The second kappa shape index (κ2) is 5.35. The smallest absolute Gasteiger partial charge is 0.319 e. The van der Waals surface area contributed by atoms with Gasteiger partial charge in [0, 0.05) is 6.04 Å². The van der Waals surface area contributed by atoms with Crippen molar-refractivity contribution in [1.82, 2.24) is 5.32 Å². The largest absolute Gasteiger partial charge is 0.468 e. The summed E-state index contributed by atoms with van der Waals surface area (Å²) in [5.41, 5.74) is 0. The molecule has 0 aromatic heterocycles. The van der Waals surface area contributed by atoms with E-state index in [1.807, 2.05) is 0 Å². The van der Waals surface area contributed by atoms with E-state index >= 15 is 0 Å². The first-order valence-corrected chi connectivity index (χ1v) is 5.43. The molecule has 0 radical (unpaired) electrons. The minimum Gasteiger partial charge on any atom is -0.468 e. The first-order valence-electron chi connectivity index (χ1n) is 5.43. The van der Waals surface area contributed by atoms with E-state index in [1.165, 1.54) is 26.4 Å². The van der Waals surface area contributed by atoms with Gasteiger partial charge in [0.2, 0.25) is 0 Å². The SMILES string of the molecule is COC(=O)CNC1CCC(C)CC1C. The van der Waals surface area contributed by atoms with Gasteiger partial charge in [-0.1, -0.05) is 13.8 Å². The fourth-order valence-corrected chi connectivity index (χ4v) is 2.26. The van der Waals surface area contributed by atoms with Crippen LogP contribution in [0.1, 0.15) is 33.1 Å². The molecule has 0 bridgehead atoms. The number of nitrogens with one attached hydrogen (secondary N) is 1. The predicted molar refractivity (Wildman–Crippen MR) is 56.0 cm³/mol. The Morgan fingerprint density at radius 1 is 1.43 bits per heavy atom. The number of hydrogen-bond acceptors (Lipinski definition) is 3. The highest BCUT2D eigenvalue weighted by Crippen LogP contribution is 2.28. The third kappa shape index (κ3) is 3.29. The first-order chi connectivity index (χ1) is 6.63. The van der Waals surface area contributed by atoms with Gasteiger partial charge in [-0.05, 0) is 31.1 Å². The van der Waals surface area contributed by atoms with Crippen LogP contribution >= 0.6 is 0 Å². The van der Waals surface area contributed by atoms with E-state index in [0.29, 0.717) is 18.5 Å². The molecular weight excluding hydrogens is 178 g/mol. The minimum atomic E-state index is -0.171. The normalized spacial score (nSPS) is 32.6. The Labute approximate surface area is 86.2 Å². The zero-order valence-electron chi connectivity index (χ0n) is 9.38. The number of carbonyl (C=O) groups excluding carboxylic acids is 1. The van der Waals surface area contributed by atoms with Crippen molar-refractivity contribution < 1.29 is 9.53 Å². The van der Waals surface area contributed by atoms with Gasteiger partial charge in [0.15, 0.2) is 0 Å². The summed E-state index contributed by atoms with van der Waals surface area (Å²) in [6.07, 6.45) is 3.71. The Kier molecular flexibility index (Phi) is 4.39. The maximum atomic E-state index is 10.9. The summed E-state index contributed by atoms with van der Waals surface area (Å²) in [4.78, 5) is 10.9. The van der Waals surface area contributed by atoms with Gasteiger partial charge in [0.25, 0.3) is 0 Å². The van der Waals surface area contributed by atoms with Crippen molar-refractivity contribution in [2.75, 3.05) is 13.7 Å². The Bertz CT molecular complexity index is 194. The fourth-order valence-electron chi connectivity index (χ4n) is 2.26. The van der Waals surface area contributed by atoms with E-state index < -0.39 is 0 Å². The summed E-state index contributed by atoms with van der Waals surface area (Å²) in [5, 5.41) is 3.27. The minimum absolute atomic E-state index is 0.171. The van der Waals surface area contributed by atoms with Gasteiger partial charge in [-0.3, -0.25) is 4.79 Å². The molecule has 0 heterocycles. The van der Waals surface area contributed by atoms with Crippen LogP contribution in [0.25, 0.3) is 0 Å². The van der Waals surface area contributed by atoms with Crippen LogP contribution in [0.5, 0.6) is 0 Å². The summed E-state index contributed by atoms with van der Waals surface area (Å²) in [6.45, 7) is 4.90. The highest BCUT2D eigenvalue weighted by Gasteiger charge is 2.25. The van der Waals surface area contributed by atoms with Gasteiger partial charge in [-0.25, -0.2) is 0 Å². The van der Waals surface area contributed by atoms with Crippen LogP contribution in [0.3, 0.4) is 0 Å². The Hall–Kier alpha value is -0.570. The molecular formula is C11H21NO2. The Morgan fingerprint density at radius 3 is 2.71 bits per heavy atom. The molecule has 0 aromatic rings. The number of methoxy groups -OCH3 is 1. The van der Waals surface area contributed by atoms with E-state index in [9.17, 15) is 4.79 Å². The molecule has 1 aliphatic rings. The average Bonchev–Trinajstić information content (AvgIpc) is 2.16. The lowest BCUT2D eigenvalue weighted by Gasteiger charge is -2.33. The van der Waals surface area contributed by atoms with E-state index in [2.05, 4.69) is 23.9 Å². The molecule has 0 saturated heterocycles. The van der Waals surface area contributed by atoms with Gasteiger partial charge < -0.3 is 10.1 Å². The van der Waals surface area contributed by atoms with Crippen molar-refractivity contribution in [3.05, 3.63) is 0 Å². The summed E-state index contributed by atoms with van der Waals surface area (Å²) in [7, 11) is 1.43. The maximum Gasteiger partial charge on any atom is 0.319 e. The molecule has 0 spiro atoms. The molecule has 1 fully saturated rings. The number of carbonyl (C=O) groups is 1. The lowest BCUT2D eigenvalue weighted by molar-refractivity contribution is -0.139. The highest BCUT2D eigenvalue weighted by molar-refractivity contribution is 5.71. The van der Waals surface area contributed by atoms with E-state index in [4.69, 9.17) is 0 Å². The quantitative estimate of drug-likeness (QED) is 0.701. The summed E-state index contributed by atoms with van der Waals surface area (Å²) < 4.78 is 4.60. The molecule has 0 amide bonds. The summed E-state index contributed by atoms with van der Waals surface area (Å²) in [5.74, 6) is 1.33. The number of rotatable bonds is 3. The van der Waals surface area contributed by atoms with E-state index in [0.717, 1.165) is 5.92 Å². The number of hydrogen-bond donors (Lipinski definition) is 1. The second-order valence-corrected chi connectivity index (χ2v) is 4.46. The molecule has 3 unspecified atom stereocenters. The van der Waals surface area contributed by atoms with Gasteiger partial charge in [-0.15, -0.1) is 0 Å². The van der Waals surface area contributed by atoms with Crippen molar-refractivity contribution >= 4 is 5.97 Å². The number of esters is 1. The third-order valence-corrected chi connectivity index (χ3v) is 3.17. The molecule has 3 nitrogen and oxygen atoms in total. The summed E-state index contributed by atoms with van der Waals surface area (Å²) in [6, 6.07) is 0.491. The highest BCUT2D eigenvalue weighted by atomic mass is 16.5. The van der Waals surface area contributed by atoms with Crippen LogP contribution in [0, 0.1) is 11.8 Å². The monoisotopic (exact) mass is 199 g/mol. The van der Waals surface area contributed by atoms with E-state index in [-0.39, 0.29) is 5.97 Å². The van der Waals surface area contributed by atoms with Gasteiger partial charge in [0.1, 0.15) is 0 Å². The van der Waals surface area contributed by atoms with Crippen LogP contribution in [0.4, 0.5) is 0 Å². The number of ether oxygens (including phenoxy) is 1. The van der Waals surface area contributed by atoms with Crippen molar-refractivity contribution in [1.29, 1.82) is 0 Å². The van der Waals surface area contributed by atoms with Crippen LogP contribution < -0.4 is 5.32 Å².